The average molecular weight is 900 g/mol. The standard InChI is InChI=1S/C55H43N3S2.3C2H6/c1-8-22-42(23-9-1)57-52-39-37-50(60(46-30-16-5-17-31-46,47-32-18-6-19-33-47)48-34-20-7-21-35-48)41-54(52)58-53-40-49(36-38-51(53)56-55(57)58)59(43-24-10-2-11-25-43,44-26-12-3-13-27-44)45-28-14-4-15-29-45;3*1-2/h1-41,55-56H;3*1-2H3. The molecule has 0 bridgehead atoms. The van der Waals surface area contributed by atoms with E-state index in [1.54, 1.807) is 0 Å². The fraction of sp³-hybridized carbons (Fsp3) is 0.115. The van der Waals surface area contributed by atoms with Crippen molar-refractivity contribution < 1.29 is 0 Å². The van der Waals surface area contributed by atoms with Gasteiger partial charge in [-0.3, -0.25) is 4.90 Å². The highest BCUT2D eigenvalue weighted by atomic mass is 32.3. The molecule has 0 aliphatic carbocycles. The van der Waals surface area contributed by atoms with E-state index in [1.165, 1.54) is 56.2 Å². The van der Waals surface area contributed by atoms with Gasteiger partial charge >= 0.3 is 0 Å². The minimum atomic E-state index is -1.92. The maximum absolute atomic E-state index is 4.01. The van der Waals surface area contributed by atoms with Crippen molar-refractivity contribution in [3.05, 3.63) is 249 Å². The summed E-state index contributed by atoms with van der Waals surface area (Å²) in [6.07, 6.45) is -0.160. The number of anilines is 5. The fourth-order valence-corrected chi connectivity index (χ4v) is 17.1. The Morgan fingerprint density at radius 2 is 0.591 bits per heavy atom. The van der Waals surface area contributed by atoms with E-state index in [4.69, 9.17) is 0 Å². The van der Waals surface area contributed by atoms with Crippen molar-refractivity contribution in [1.29, 1.82) is 0 Å². The molecule has 0 fully saturated rings. The minimum absolute atomic E-state index is 0.160. The first kappa shape index (κ1) is 45.6. The molecule has 2 heterocycles. The Morgan fingerprint density at radius 1 is 0.288 bits per heavy atom. The molecule has 3 nitrogen and oxygen atoms in total. The first-order valence-corrected chi connectivity index (χ1v) is 26.7. The van der Waals surface area contributed by atoms with Gasteiger partial charge in [0.1, 0.15) is 0 Å². The van der Waals surface area contributed by atoms with Crippen LogP contribution in [0.15, 0.2) is 288 Å². The Hall–Kier alpha value is -6.92. The summed E-state index contributed by atoms with van der Waals surface area (Å²) >= 11 is 0. The highest BCUT2D eigenvalue weighted by molar-refractivity contribution is 8.34. The van der Waals surface area contributed by atoms with Gasteiger partial charge in [0.25, 0.3) is 0 Å². The molecular weight excluding hydrogens is 839 g/mol. The first-order valence-electron chi connectivity index (χ1n) is 23.4. The molecule has 2 aliphatic rings. The highest BCUT2D eigenvalue weighted by Crippen LogP contribution is 2.76. The van der Waals surface area contributed by atoms with E-state index in [9.17, 15) is 0 Å². The quantitative estimate of drug-likeness (QED) is 0.156. The number of benzene rings is 9. The van der Waals surface area contributed by atoms with Gasteiger partial charge in [0.05, 0.1) is 22.7 Å². The van der Waals surface area contributed by atoms with Crippen molar-refractivity contribution >= 4 is 48.5 Å². The molecule has 9 aromatic carbocycles. The normalized spacial score (nSPS) is 13.7. The van der Waals surface area contributed by atoms with Crippen LogP contribution in [-0.2, 0) is 0 Å². The lowest BCUT2D eigenvalue weighted by atomic mass is 10.2. The molecule has 0 amide bonds. The highest BCUT2D eigenvalue weighted by Gasteiger charge is 2.45. The van der Waals surface area contributed by atoms with Crippen LogP contribution in [0.3, 0.4) is 0 Å². The second-order valence-corrected chi connectivity index (χ2v) is 21.2. The molecule has 0 saturated carbocycles. The van der Waals surface area contributed by atoms with Crippen molar-refractivity contribution in [2.45, 2.75) is 87.0 Å². The molecule has 0 spiro atoms. The van der Waals surface area contributed by atoms with Gasteiger partial charge in [-0.05, 0) is 121 Å². The van der Waals surface area contributed by atoms with Crippen LogP contribution in [0.25, 0.3) is 0 Å². The molecule has 66 heavy (non-hydrogen) atoms. The zero-order chi connectivity index (χ0) is 45.9. The van der Waals surface area contributed by atoms with E-state index >= 15 is 0 Å². The summed E-state index contributed by atoms with van der Waals surface area (Å²) in [5, 5.41) is 4.01. The lowest BCUT2D eigenvalue weighted by Gasteiger charge is -2.42. The number of nitrogens with one attached hydrogen (secondary N) is 1. The summed E-state index contributed by atoms with van der Waals surface area (Å²) in [6.45, 7) is 12.0. The van der Waals surface area contributed by atoms with Gasteiger partial charge in [0, 0.05) is 44.9 Å². The van der Waals surface area contributed by atoms with Crippen molar-refractivity contribution in [2.24, 2.45) is 0 Å². The Labute approximate surface area is 397 Å². The van der Waals surface area contributed by atoms with E-state index in [2.05, 4.69) is 264 Å². The lowest BCUT2D eigenvalue weighted by molar-refractivity contribution is 0.808. The van der Waals surface area contributed by atoms with Crippen LogP contribution in [0.5, 0.6) is 0 Å². The van der Waals surface area contributed by atoms with Crippen LogP contribution < -0.4 is 15.1 Å². The molecule has 11 rings (SSSR count). The third kappa shape index (κ3) is 7.86. The number of fused-ring (bicyclic) bond motifs is 5. The second-order valence-electron chi connectivity index (χ2n) is 15.0. The summed E-state index contributed by atoms with van der Waals surface area (Å²) < 4.78 is 0. The smallest absolute Gasteiger partial charge is 0.187 e. The molecule has 5 heteroatoms. The number of rotatable bonds is 9. The molecule has 1 unspecified atom stereocenters. The van der Waals surface area contributed by atoms with Gasteiger partial charge in [-0.15, -0.1) is 20.1 Å². The predicted octanol–water partition coefficient (Wildman–Crippen LogP) is 18.4. The van der Waals surface area contributed by atoms with Crippen LogP contribution in [0.1, 0.15) is 41.5 Å². The number of nitrogens with zero attached hydrogens (tertiary/aromatic N) is 2. The summed E-state index contributed by atoms with van der Waals surface area (Å²) in [5.74, 6) is 0. The van der Waals surface area contributed by atoms with Gasteiger partial charge in [0.2, 0.25) is 0 Å². The van der Waals surface area contributed by atoms with Crippen molar-refractivity contribution in [2.75, 3.05) is 15.1 Å². The Kier molecular flexibility index (Phi) is 14.5. The third-order valence-electron chi connectivity index (χ3n) is 11.8. The third-order valence-corrected chi connectivity index (χ3v) is 19.6. The maximum atomic E-state index is 4.01. The minimum Gasteiger partial charge on any atom is -0.346 e. The lowest BCUT2D eigenvalue weighted by Crippen LogP contribution is -2.40. The van der Waals surface area contributed by atoms with E-state index in [0.717, 1.165) is 11.4 Å². The molecule has 0 aromatic heterocycles. The van der Waals surface area contributed by atoms with E-state index < -0.39 is 20.1 Å². The molecule has 9 aromatic rings. The molecule has 1 atom stereocenters. The van der Waals surface area contributed by atoms with Crippen molar-refractivity contribution in [1.82, 2.24) is 0 Å². The summed E-state index contributed by atoms with van der Waals surface area (Å²) in [6, 6.07) is 92.1. The maximum Gasteiger partial charge on any atom is 0.187 e. The molecule has 332 valence electrons. The van der Waals surface area contributed by atoms with Crippen LogP contribution >= 0.6 is 20.1 Å². The zero-order valence-corrected chi connectivity index (χ0v) is 40.6. The Bertz CT molecular complexity index is 2700. The predicted molar refractivity (Wildman–Crippen MR) is 285 cm³/mol. The van der Waals surface area contributed by atoms with Gasteiger partial charge < -0.3 is 10.2 Å². The van der Waals surface area contributed by atoms with Gasteiger partial charge in [0.15, 0.2) is 6.29 Å². The van der Waals surface area contributed by atoms with Crippen LogP contribution in [0, 0.1) is 0 Å². The molecule has 2 aliphatic heterocycles. The van der Waals surface area contributed by atoms with Crippen LogP contribution in [0.4, 0.5) is 28.4 Å². The van der Waals surface area contributed by atoms with E-state index in [0.29, 0.717) is 0 Å². The van der Waals surface area contributed by atoms with Crippen LogP contribution in [0.2, 0.25) is 0 Å². The second kappa shape index (κ2) is 20.9. The Balaban J connectivity index is 0.000000950. The fourth-order valence-electron chi connectivity index (χ4n) is 9.27. The van der Waals surface area contributed by atoms with E-state index in [1.807, 2.05) is 41.5 Å². The molecule has 1 N–H and O–H groups in total. The average Bonchev–Trinajstić information content (AvgIpc) is 3.95. The van der Waals surface area contributed by atoms with Gasteiger partial charge in [-0.2, -0.15) is 0 Å². The largest absolute Gasteiger partial charge is 0.346 e. The molecule has 0 saturated heterocycles. The number of para-hydroxylation sites is 1. The SMILES string of the molecule is CC.CC.CC.c1ccc(N2c3ccc(S(c4ccccc4)(c4ccccc4)c4ccccc4)cc3N3c4cc(S(c5ccccc5)(c5ccccc5)c5ccccc5)ccc4NC23)cc1. The number of hydrogen-bond donors (Lipinski definition) is 1. The van der Waals surface area contributed by atoms with Gasteiger partial charge in [-0.25, -0.2) is 0 Å². The summed E-state index contributed by atoms with van der Waals surface area (Å²) in [7, 11) is -3.83. The number of hydrogen-bond acceptors (Lipinski definition) is 3. The summed E-state index contributed by atoms with van der Waals surface area (Å²) in [4.78, 5) is 15.5. The van der Waals surface area contributed by atoms with Crippen LogP contribution in [-0.4, -0.2) is 6.29 Å². The molecule has 0 radical (unpaired) electrons. The molecular formula is C61H61N3S2. The van der Waals surface area contributed by atoms with Crippen molar-refractivity contribution in [3.63, 3.8) is 0 Å². The first-order chi connectivity index (χ1) is 32.8. The Morgan fingerprint density at radius 3 is 0.939 bits per heavy atom. The van der Waals surface area contributed by atoms with E-state index in [-0.39, 0.29) is 6.29 Å². The zero-order valence-electron chi connectivity index (χ0n) is 39.0. The van der Waals surface area contributed by atoms with Crippen molar-refractivity contribution in [3.8, 4) is 0 Å². The van der Waals surface area contributed by atoms with Gasteiger partial charge in [-0.1, -0.05) is 169 Å². The topological polar surface area (TPSA) is 18.5 Å². The summed E-state index contributed by atoms with van der Waals surface area (Å²) in [5.41, 5.74) is 5.80. The monoisotopic (exact) mass is 899 g/mol.